The minimum Gasteiger partial charge on any atom is -0.393 e. The van der Waals surface area contributed by atoms with Gasteiger partial charge in [-0.1, -0.05) is 0 Å². The van der Waals surface area contributed by atoms with Crippen molar-refractivity contribution in [3.05, 3.63) is 0 Å². The molecule has 7 nitrogen and oxygen atoms in total. The lowest BCUT2D eigenvalue weighted by Crippen LogP contribution is -2.26. The maximum Gasteiger partial charge on any atom is 0.332 e. The normalized spacial score (nSPS) is 19.7. The molecule has 0 bridgehead atoms. The van der Waals surface area contributed by atoms with E-state index >= 15 is 0 Å². The summed E-state index contributed by atoms with van der Waals surface area (Å²) >= 11 is 0. The van der Waals surface area contributed by atoms with Crippen molar-refractivity contribution in [1.82, 2.24) is 5.48 Å². The zero-order chi connectivity index (χ0) is 11.3. The van der Waals surface area contributed by atoms with Crippen molar-refractivity contribution in [2.45, 2.75) is 25.7 Å². The summed E-state index contributed by atoms with van der Waals surface area (Å²) in [6.45, 7) is 0. The Labute approximate surface area is 84.7 Å². The van der Waals surface area contributed by atoms with Crippen molar-refractivity contribution in [1.29, 1.82) is 0 Å². The maximum absolute atomic E-state index is 10.9. The van der Waals surface area contributed by atoms with Crippen molar-refractivity contribution in [2.75, 3.05) is 0 Å². The van der Waals surface area contributed by atoms with Crippen LogP contribution in [0.1, 0.15) is 25.7 Å². The molecule has 1 saturated heterocycles. The van der Waals surface area contributed by atoms with Gasteiger partial charge < -0.3 is 9.57 Å². The molecule has 0 unspecified atom stereocenters. The average molecular weight is 215 g/mol. The third-order valence-corrected chi connectivity index (χ3v) is 1.60. The Bertz CT molecular complexity index is 280. The number of carbonyl (C=O) groups excluding carboxylic acids is 4. The Kier molecular flexibility index (Phi) is 3.78. The first kappa shape index (κ1) is 11.2. The first-order valence-corrected chi connectivity index (χ1v) is 4.30. The summed E-state index contributed by atoms with van der Waals surface area (Å²) in [5.41, 5.74) is 1.86. The van der Waals surface area contributed by atoms with Crippen LogP contribution < -0.4 is 5.48 Å². The lowest BCUT2D eigenvalue weighted by atomic mass is 10.3. The molecule has 0 atom stereocenters. The molecule has 1 heterocycles. The van der Waals surface area contributed by atoms with Gasteiger partial charge in [0.15, 0.2) is 0 Å². The Hall–Kier alpha value is -1.92. The third kappa shape index (κ3) is 4.21. The number of esters is 2. The van der Waals surface area contributed by atoms with Gasteiger partial charge in [0, 0.05) is 6.42 Å². The van der Waals surface area contributed by atoms with Gasteiger partial charge in [-0.3, -0.25) is 14.4 Å². The zero-order valence-corrected chi connectivity index (χ0v) is 7.78. The predicted molar refractivity (Wildman–Crippen MR) is 43.8 cm³/mol. The highest BCUT2D eigenvalue weighted by Crippen LogP contribution is 2.01. The van der Waals surface area contributed by atoms with E-state index in [4.69, 9.17) is 0 Å². The first-order chi connectivity index (χ1) is 7.08. The van der Waals surface area contributed by atoms with Crippen LogP contribution in [0.2, 0.25) is 0 Å². The molecule has 1 fully saturated rings. The highest BCUT2D eigenvalue weighted by Gasteiger charge is 2.17. The molecule has 1 N–H and O–H groups in total. The number of rotatable bonds is 0. The number of carbonyl (C=O) groups is 4. The van der Waals surface area contributed by atoms with Crippen LogP contribution >= 0.6 is 0 Å². The summed E-state index contributed by atoms with van der Waals surface area (Å²) in [6.07, 6.45) is -0.915. The van der Waals surface area contributed by atoms with E-state index in [1.54, 1.807) is 0 Å². The Morgan fingerprint density at radius 1 is 0.800 bits per heavy atom. The smallest absolute Gasteiger partial charge is 0.332 e. The van der Waals surface area contributed by atoms with Crippen LogP contribution in [-0.4, -0.2) is 23.8 Å². The average Bonchev–Trinajstić information content (AvgIpc) is 2.21. The second-order valence-corrected chi connectivity index (χ2v) is 2.85. The fourth-order valence-electron chi connectivity index (χ4n) is 0.865. The minimum absolute atomic E-state index is 0.195. The molecule has 82 valence electrons. The first-order valence-electron chi connectivity index (χ1n) is 4.30. The van der Waals surface area contributed by atoms with E-state index in [1.165, 1.54) is 0 Å². The van der Waals surface area contributed by atoms with E-state index in [0.717, 1.165) is 0 Å². The van der Waals surface area contributed by atoms with E-state index in [0.29, 0.717) is 0 Å². The summed E-state index contributed by atoms with van der Waals surface area (Å²) in [5, 5.41) is 0. The molecule has 7 heteroatoms. The van der Waals surface area contributed by atoms with Gasteiger partial charge in [0.05, 0.1) is 19.3 Å². The van der Waals surface area contributed by atoms with Gasteiger partial charge in [-0.05, 0) is 0 Å². The number of nitrogens with one attached hydrogen (secondary N) is 1. The SMILES string of the molecule is O=C1CCC(=O)OC(=O)CCC(=O)ON1. The third-order valence-electron chi connectivity index (χ3n) is 1.60. The standard InChI is InChI=1S/C8H9NO6/c10-5-1-2-6(11)14-7(12)3-4-8(13)15-9-5/h1-4H2,(H,9,10). The van der Waals surface area contributed by atoms with Crippen LogP contribution in [0.4, 0.5) is 0 Å². The Morgan fingerprint density at radius 2 is 1.33 bits per heavy atom. The van der Waals surface area contributed by atoms with E-state index in [9.17, 15) is 19.2 Å². The lowest BCUT2D eigenvalue weighted by molar-refractivity contribution is -0.161. The summed E-state index contributed by atoms with van der Waals surface area (Å²) in [4.78, 5) is 47.9. The number of hydroxylamine groups is 1. The molecule has 1 aliphatic heterocycles. The number of amides is 1. The van der Waals surface area contributed by atoms with Gasteiger partial charge >= 0.3 is 17.9 Å². The molecule has 0 aromatic rings. The second-order valence-electron chi connectivity index (χ2n) is 2.85. The monoisotopic (exact) mass is 215 g/mol. The van der Waals surface area contributed by atoms with Crippen LogP contribution in [-0.2, 0) is 28.8 Å². The summed E-state index contributed by atoms with van der Waals surface area (Å²) in [6, 6.07) is 0. The van der Waals surface area contributed by atoms with E-state index in [2.05, 4.69) is 9.57 Å². The van der Waals surface area contributed by atoms with Crippen LogP contribution in [0.5, 0.6) is 0 Å². The van der Waals surface area contributed by atoms with Crippen LogP contribution in [0.3, 0.4) is 0 Å². The van der Waals surface area contributed by atoms with Crippen molar-refractivity contribution in [3.63, 3.8) is 0 Å². The molecule has 0 aromatic heterocycles. The maximum atomic E-state index is 10.9. The lowest BCUT2D eigenvalue weighted by Gasteiger charge is -2.02. The topological polar surface area (TPSA) is 98.8 Å². The van der Waals surface area contributed by atoms with Crippen LogP contribution in [0, 0.1) is 0 Å². The van der Waals surface area contributed by atoms with Crippen LogP contribution in [0.25, 0.3) is 0 Å². The van der Waals surface area contributed by atoms with Crippen molar-refractivity contribution >= 4 is 23.8 Å². The summed E-state index contributed by atoms with van der Waals surface area (Å²) < 4.78 is 4.31. The quantitative estimate of drug-likeness (QED) is 0.419. The zero-order valence-electron chi connectivity index (χ0n) is 7.78. The molecular formula is C8H9NO6. The fraction of sp³-hybridized carbons (Fsp3) is 0.500. The van der Waals surface area contributed by atoms with Gasteiger partial charge in [0.1, 0.15) is 0 Å². The Morgan fingerprint density at radius 3 is 2.00 bits per heavy atom. The van der Waals surface area contributed by atoms with Crippen molar-refractivity contribution in [3.8, 4) is 0 Å². The molecule has 1 amide bonds. The molecular weight excluding hydrogens is 206 g/mol. The molecule has 0 aromatic carbocycles. The highest BCUT2D eigenvalue weighted by atomic mass is 16.7. The van der Waals surface area contributed by atoms with E-state index in [-0.39, 0.29) is 25.7 Å². The summed E-state index contributed by atoms with van der Waals surface area (Å²) in [5.74, 6) is -2.96. The Balaban J connectivity index is 2.58. The van der Waals surface area contributed by atoms with Gasteiger partial charge in [-0.2, -0.15) is 5.48 Å². The van der Waals surface area contributed by atoms with Crippen molar-refractivity contribution in [2.24, 2.45) is 0 Å². The largest absolute Gasteiger partial charge is 0.393 e. The molecule has 15 heavy (non-hydrogen) atoms. The van der Waals surface area contributed by atoms with Gasteiger partial charge in [-0.25, -0.2) is 4.79 Å². The molecule has 1 rings (SSSR count). The number of cyclic esters (lactones) is 2. The van der Waals surface area contributed by atoms with Gasteiger partial charge in [-0.15, -0.1) is 0 Å². The highest BCUT2D eigenvalue weighted by molar-refractivity contribution is 5.90. The number of hydrogen-bond donors (Lipinski definition) is 1. The minimum atomic E-state index is -0.800. The molecule has 0 spiro atoms. The van der Waals surface area contributed by atoms with E-state index < -0.39 is 23.8 Å². The number of ether oxygens (including phenoxy) is 1. The fourth-order valence-corrected chi connectivity index (χ4v) is 0.865. The van der Waals surface area contributed by atoms with Crippen molar-refractivity contribution < 1.29 is 28.8 Å². The van der Waals surface area contributed by atoms with E-state index in [1.807, 2.05) is 5.48 Å². The van der Waals surface area contributed by atoms with Gasteiger partial charge in [0.2, 0.25) is 0 Å². The van der Waals surface area contributed by atoms with Crippen LogP contribution in [0.15, 0.2) is 0 Å². The number of hydrogen-bond acceptors (Lipinski definition) is 6. The second kappa shape index (κ2) is 5.08. The van der Waals surface area contributed by atoms with Gasteiger partial charge in [0.25, 0.3) is 5.91 Å². The molecule has 0 saturated carbocycles. The predicted octanol–water partition coefficient (Wildman–Crippen LogP) is -0.795. The molecule has 0 radical (unpaired) electrons. The molecule has 1 aliphatic rings. The summed E-state index contributed by atoms with van der Waals surface area (Å²) in [7, 11) is 0. The molecule has 0 aliphatic carbocycles.